The van der Waals surface area contributed by atoms with E-state index in [1.165, 1.54) is 0 Å². The topological polar surface area (TPSA) is 52.5 Å². The van der Waals surface area contributed by atoms with Crippen molar-refractivity contribution in [3.63, 3.8) is 0 Å². The van der Waals surface area contributed by atoms with E-state index in [1.807, 2.05) is 25.1 Å². The summed E-state index contributed by atoms with van der Waals surface area (Å²) in [6.45, 7) is 3.78. The lowest BCUT2D eigenvalue weighted by Gasteiger charge is -2.35. The number of nitrogens with zero attached hydrogens (tertiary/aromatic N) is 4. The van der Waals surface area contributed by atoms with E-state index in [2.05, 4.69) is 21.8 Å². The Morgan fingerprint density at radius 2 is 2.24 bits per heavy atom. The number of aliphatic hydroxyl groups is 1. The number of rotatable bonds is 2. The maximum atomic E-state index is 9.72. The molecule has 1 N–H and O–H groups in total. The van der Waals surface area contributed by atoms with Crippen LogP contribution in [0.15, 0.2) is 12.3 Å². The van der Waals surface area contributed by atoms with E-state index in [0.717, 1.165) is 31.3 Å². The molecule has 0 aromatic carbocycles. The first-order valence-corrected chi connectivity index (χ1v) is 6.01. The van der Waals surface area contributed by atoms with E-state index in [9.17, 15) is 5.11 Å². The quantitative estimate of drug-likeness (QED) is 0.821. The van der Waals surface area contributed by atoms with Crippen molar-refractivity contribution >= 4 is 11.8 Å². The molecule has 0 bridgehead atoms. The van der Waals surface area contributed by atoms with Crippen molar-refractivity contribution in [1.29, 1.82) is 0 Å². The van der Waals surface area contributed by atoms with E-state index in [-0.39, 0.29) is 6.10 Å². The van der Waals surface area contributed by atoms with Gasteiger partial charge in [-0.25, -0.2) is 4.98 Å². The van der Waals surface area contributed by atoms with Crippen LogP contribution in [-0.2, 0) is 0 Å². The number of aromatic nitrogens is 2. The largest absolute Gasteiger partial charge is 0.393 e. The van der Waals surface area contributed by atoms with Gasteiger partial charge < -0.3 is 14.9 Å². The van der Waals surface area contributed by atoms with Gasteiger partial charge in [-0.15, -0.1) is 0 Å². The summed E-state index contributed by atoms with van der Waals surface area (Å²) in [5.41, 5.74) is 0. The molecule has 2 rings (SSSR count). The third-order valence-electron chi connectivity index (χ3n) is 3.21. The summed E-state index contributed by atoms with van der Waals surface area (Å²) in [6.07, 6.45) is 2.41. The second-order valence-electron chi connectivity index (χ2n) is 4.89. The molecule has 1 aromatic heterocycles. The van der Waals surface area contributed by atoms with Crippen LogP contribution in [0, 0.1) is 5.92 Å². The zero-order valence-electron chi connectivity index (χ0n) is 10.7. The monoisotopic (exact) mass is 236 g/mol. The molecule has 1 aromatic rings. The minimum absolute atomic E-state index is 0.179. The lowest BCUT2D eigenvalue weighted by Crippen LogP contribution is -2.42. The molecular formula is C12H20N4O. The van der Waals surface area contributed by atoms with Crippen molar-refractivity contribution in [3.05, 3.63) is 12.3 Å². The van der Waals surface area contributed by atoms with Gasteiger partial charge in [0.1, 0.15) is 5.82 Å². The fraction of sp³-hybridized carbons (Fsp3) is 0.667. The van der Waals surface area contributed by atoms with Crippen LogP contribution >= 0.6 is 0 Å². The Hall–Kier alpha value is -1.36. The molecule has 0 amide bonds. The van der Waals surface area contributed by atoms with Crippen LogP contribution in [0.25, 0.3) is 0 Å². The summed E-state index contributed by atoms with van der Waals surface area (Å²) in [7, 11) is 3.86. The molecule has 0 aliphatic carbocycles. The van der Waals surface area contributed by atoms with Gasteiger partial charge in [-0.3, -0.25) is 0 Å². The van der Waals surface area contributed by atoms with Gasteiger partial charge in [-0.05, 0) is 18.4 Å². The van der Waals surface area contributed by atoms with Gasteiger partial charge in [0, 0.05) is 33.4 Å². The highest BCUT2D eigenvalue weighted by Crippen LogP contribution is 2.22. The van der Waals surface area contributed by atoms with Crippen LogP contribution in [-0.4, -0.2) is 48.4 Å². The van der Waals surface area contributed by atoms with Crippen molar-refractivity contribution in [3.8, 4) is 0 Å². The number of aliphatic hydroxyl groups excluding tert-OH is 1. The third-order valence-corrected chi connectivity index (χ3v) is 3.21. The van der Waals surface area contributed by atoms with Crippen LogP contribution in [0.5, 0.6) is 0 Å². The third kappa shape index (κ3) is 2.66. The Balaban J connectivity index is 2.14. The summed E-state index contributed by atoms with van der Waals surface area (Å²) >= 11 is 0. The molecule has 17 heavy (non-hydrogen) atoms. The van der Waals surface area contributed by atoms with Gasteiger partial charge in [0.25, 0.3) is 0 Å². The molecule has 2 unspecified atom stereocenters. The number of anilines is 2. The highest BCUT2D eigenvalue weighted by atomic mass is 16.3. The maximum Gasteiger partial charge on any atom is 0.226 e. The number of hydrogen-bond acceptors (Lipinski definition) is 5. The fourth-order valence-electron chi connectivity index (χ4n) is 2.07. The van der Waals surface area contributed by atoms with Crippen molar-refractivity contribution in [2.75, 3.05) is 37.0 Å². The zero-order valence-corrected chi connectivity index (χ0v) is 10.7. The normalized spacial score (nSPS) is 24.8. The van der Waals surface area contributed by atoms with Gasteiger partial charge in [-0.2, -0.15) is 4.98 Å². The van der Waals surface area contributed by atoms with Crippen LogP contribution in [0.4, 0.5) is 11.8 Å². The first kappa shape index (κ1) is 12.1. The van der Waals surface area contributed by atoms with Crippen molar-refractivity contribution in [2.45, 2.75) is 19.4 Å². The predicted molar refractivity (Wildman–Crippen MR) is 68.4 cm³/mol. The van der Waals surface area contributed by atoms with Crippen LogP contribution < -0.4 is 9.80 Å². The zero-order chi connectivity index (χ0) is 12.4. The Bertz CT molecular complexity index is 383. The average molecular weight is 236 g/mol. The van der Waals surface area contributed by atoms with E-state index in [1.54, 1.807) is 6.20 Å². The van der Waals surface area contributed by atoms with Crippen molar-refractivity contribution in [1.82, 2.24) is 9.97 Å². The van der Waals surface area contributed by atoms with E-state index >= 15 is 0 Å². The molecule has 2 heterocycles. The molecule has 5 nitrogen and oxygen atoms in total. The number of piperidine rings is 1. The lowest BCUT2D eigenvalue weighted by molar-refractivity contribution is 0.0969. The van der Waals surface area contributed by atoms with Crippen LogP contribution in [0.3, 0.4) is 0 Å². The summed E-state index contributed by atoms with van der Waals surface area (Å²) in [6, 6.07) is 1.93. The maximum absolute atomic E-state index is 9.72. The minimum atomic E-state index is -0.179. The van der Waals surface area contributed by atoms with Crippen LogP contribution in [0.1, 0.15) is 13.3 Å². The molecule has 1 saturated heterocycles. The molecule has 0 saturated carbocycles. The summed E-state index contributed by atoms with van der Waals surface area (Å²) in [5.74, 6) is 1.96. The van der Waals surface area contributed by atoms with Gasteiger partial charge >= 0.3 is 0 Å². The second kappa shape index (κ2) is 4.87. The number of hydrogen-bond donors (Lipinski definition) is 1. The summed E-state index contributed by atoms with van der Waals surface area (Å²) < 4.78 is 0. The molecule has 1 fully saturated rings. The molecule has 5 heteroatoms. The smallest absolute Gasteiger partial charge is 0.226 e. The fourth-order valence-corrected chi connectivity index (χ4v) is 2.07. The molecule has 94 valence electrons. The Kier molecular flexibility index (Phi) is 3.47. The minimum Gasteiger partial charge on any atom is -0.393 e. The van der Waals surface area contributed by atoms with Gasteiger partial charge in [0.15, 0.2) is 0 Å². The highest BCUT2D eigenvalue weighted by molar-refractivity contribution is 5.43. The highest BCUT2D eigenvalue weighted by Gasteiger charge is 2.25. The van der Waals surface area contributed by atoms with E-state index in [0.29, 0.717) is 5.92 Å². The molecular weight excluding hydrogens is 216 g/mol. The van der Waals surface area contributed by atoms with E-state index < -0.39 is 0 Å². The first-order chi connectivity index (χ1) is 8.08. The van der Waals surface area contributed by atoms with Gasteiger partial charge in [0.05, 0.1) is 6.10 Å². The van der Waals surface area contributed by atoms with Gasteiger partial charge in [0.2, 0.25) is 5.95 Å². The first-order valence-electron chi connectivity index (χ1n) is 6.01. The summed E-state index contributed by atoms with van der Waals surface area (Å²) in [4.78, 5) is 12.8. The van der Waals surface area contributed by atoms with E-state index in [4.69, 9.17) is 0 Å². The van der Waals surface area contributed by atoms with Crippen molar-refractivity contribution in [2.24, 2.45) is 5.92 Å². The Morgan fingerprint density at radius 3 is 2.88 bits per heavy atom. The summed E-state index contributed by atoms with van der Waals surface area (Å²) in [5, 5.41) is 9.72. The molecule has 0 radical (unpaired) electrons. The molecule has 1 aliphatic heterocycles. The predicted octanol–water partition coefficient (Wildman–Crippen LogP) is 0.750. The van der Waals surface area contributed by atoms with Crippen LogP contribution in [0.2, 0.25) is 0 Å². The average Bonchev–Trinajstić information content (AvgIpc) is 2.33. The van der Waals surface area contributed by atoms with Gasteiger partial charge in [-0.1, -0.05) is 6.92 Å². The second-order valence-corrected chi connectivity index (χ2v) is 4.89. The van der Waals surface area contributed by atoms with Crippen molar-refractivity contribution < 1.29 is 5.11 Å². The Labute approximate surface area is 102 Å². The lowest BCUT2D eigenvalue weighted by atomic mass is 9.97. The standard InChI is InChI=1S/C12H20N4O/c1-9-8-16(7-5-10(9)17)11-4-6-13-12(14-11)15(2)3/h4,6,9-10,17H,5,7-8H2,1-3H3. The SMILES string of the molecule is CC1CN(c2ccnc(N(C)C)n2)CCC1O. The molecule has 2 atom stereocenters. The molecule has 1 aliphatic rings. The molecule has 0 spiro atoms. The Morgan fingerprint density at radius 1 is 1.47 bits per heavy atom.